The number of benzene rings is 4. The van der Waals surface area contributed by atoms with E-state index in [1.165, 1.54) is 11.3 Å². The van der Waals surface area contributed by atoms with E-state index in [1.54, 1.807) is 0 Å². The minimum atomic E-state index is 0.502. The fraction of sp³-hybridized carbons (Fsp3) is 0. The third kappa shape index (κ3) is 4.63. The molecule has 2 aromatic heterocycles. The molecule has 6 rings (SSSR count). The van der Waals surface area contributed by atoms with Crippen molar-refractivity contribution in [2.75, 3.05) is 0 Å². The van der Waals surface area contributed by atoms with Crippen LogP contribution in [0.5, 0.6) is 0 Å². The number of para-hydroxylation sites is 1. The van der Waals surface area contributed by atoms with Gasteiger partial charge in [0.05, 0.1) is 17.0 Å². The van der Waals surface area contributed by atoms with Gasteiger partial charge in [-0.3, -0.25) is 0 Å². The topological polar surface area (TPSA) is 54.5 Å². The first-order valence-electron chi connectivity index (χ1n) is 11.7. The molecule has 0 spiro atoms. The molecule has 0 amide bonds. The van der Waals surface area contributed by atoms with Gasteiger partial charge in [0.1, 0.15) is 16.8 Å². The van der Waals surface area contributed by atoms with Gasteiger partial charge >= 0.3 is 0 Å². The standard InChI is InChI=1S/C31H19BrN4S/c32-25-15-13-22(14-16-25)29-20-37-31(34-29)23(18-33)17-24-19-36(26-9-2-1-3-10-26)35-30(24)28-12-6-8-21-7-4-5-11-27(21)28/h1-17,19-20H. The third-order valence-electron chi connectivity index (χ3n) is 6.10. The van der Waals surface area contributed by atoms with Crippen molar-refractivity contribution in [1.82, 2.24) is 14.8 Å². The van der Waals surface area contributed by atoms with Crippen LogP contribution in [-0.4, -0.2) is 14.8 Å². The van der Waals surface area contributed by atoms with Gasteiger partial charge in [-0.15, -0.1) is 11.3 Å². The van der Waals surface area contributed by atoms with Crippen LogP contribution in [0.2, 0.25) is 0 Å². The molecule has 0 bridgehead atoms. The SMILES string of the molecule is N#CC(=Cc1cn(-c2ccccc2)nc1-c1cccc2ccccc12)c1nc(-c2ccc(Br)cc2)cs1. The maximum atomic E-state index is 10.1. The molecule has 4 nitrogen and oxygen atoms in total. The molecule has 0 fully saturated rings. The Morgan fingerprint density at radius 1 is 0.892 bits per heavy atom. The summed E-state index contributed by atoms with van der Waals surface area (Å²) in [7, 11) is 0. The Morgan fingerprint density at radius 3 is 2.46 bits per heavy atom. The number of aromatic nitrogens is 3. The molecule has 37 heavy (non-hydrogen) atoms. The number of halogens is 1. The van der Waals surface area contributed by atoms with Crippen LogP contribution < -0.4 is 0 Å². The smallest absolute Gasteiger partial charge is 0.134 e. The Kier molecular flexibility index (Phi) is 6.23. The molecule has 176 valence electrons. The molecule has 0 saturated heterocycles. The molecule has 0 radical (unpaired) electrons. The summed E-state index contributed by atoms with van der Waals surface area (Å²) in [4.78, 5) is 4.78. The van der Waals surface area contributed by atoms with Crippen molar-refractivity contribution < 1.29 is 0 Å². The van der Waals surface area contributed by atoms with Crippen LogP contribution >= 0.6 is 27.3 Å². The molecule has 0 aliphatic heterocycles. The van der Waals surface area contributed by atoms with Crippen molar-refractivity contribution in [3.8, 4) is 34.3 Å². The quantitative estimate of drug-likeness (QED) is 0.199. The summed E-state index contributed by atoms with van der Waals surface area (Å²) in [5, 5.41) is 20.0. The zero-order chi connectivity index (χ0) is 25.2. The molecule has 0 N–H and O–H groups in total. The van der Waals surface area contributed by atoms with Crippen LogP contribution in [0.1, 0.15) is 10.6 Å². The minimum Gasteiger partial charge on any atom is -0.240 e. The molecule has 0 atom stereocenters. The van der Waals surface area contributed by atoms with Gasteiger partial charge in [0.25, 0.3) is 0 Å². The Morgan fingerprint density at radius 2 is 1.65 bits per heavy atom. The number of hydrogen-bond donors (Lipinski definition) is 0. The largest absolute Gasteiger partial charge is 0.240 e. The average molecular weight is 559 g/mol. The predicted molar refractivity (Wildman–Crippen MR) is 155 cm³/mol. The van der Waals surface area contributed by atoms with Gasteiger partial charge in [-0.1, -0.05) is 88.7 Å². The molecule has 6 aromatic rings. The average Bonchev–Trinajstić information content (AvgIpc) is 3.60. The summed E-state index contributed by atoms with van der Waals surface area (Å²) in [5.41, 5.74) is 6.01. The summed E-state index contributed by atoms with van der Waals surface area (Å²) in [6.45, 7) is 0. The first-order valence-corrected chi connectivity index (χ1v) is 13.3. The van der Waals surface area contributed by atoms with E-state index in [4.69, 9.17) is 10.1 Å². The van der Waals surface area contributed by atoms with E-state index >= 15 is 0 Å². The highest BCUT2D eigenvalue weighted by molar-refractivity contribution is 9.10. The summed E-state index contributed by atoms with van der Waals surface area (Å²) < 4.78 is 2.88. The highest BCUT2D eigenvalue weighted by Crippen LogP contribution is 2.34. The van der Waals surface area contributed by atoms with E-state index in [0.717, 1.165) is 49.0 Å². The maximum absolute atomic E-state index is 10.1. The van der Waals surface area contributed by atoms with E-state index in [-0.39, 0.29) is 0 Å². The van der Waals surface area contributed by atoms with Gasteiger partial charge < -0.3 is 0 Å². The van der Waals surface area contributed by atoms with Gasteiger partial charge in [0.15, 0.2) is 0 Å². The van der Waals surface area contributed by atoms with Crippen molar-refractivity contribution >= 4 is 49.7 Å². The Labute approximate surface area is 226 Å². The third-order valence-corrected chi connectivity index (χ3v) is 7.51. The van der Waals surface area contributed by atoms with E-state index < -0.39 is 0 Å². The van der Waals surface area contributed by atoms with Crippen LogP contribution in [0.3, 0.4) is 0 Å². The number of nitriles is 1. The lowest BCUT2D eigenvalue weighted by atomic mass is 9.99. The molecule has 0 unspecified atom stereocenters. The summed E-state index contributed by atoms with van der Waals surface area (Å²) >= 11 is 4.94. The van der Waals surface area contributed by atoms with E-state index in [2.05, 4.69) is 46.3 Å². The highest BCUT2D eigenvalue weighted by atomic mass is 79.9. The number of fused-ring (bicyclic) bond motifs is 1. The second-order valence-corrected chi connectivity index (χ2v) is 10.2. The molecular formula is C31H19BrN4S. The van der Waals surface area contributed by atoms with Gasteiger partial charge in [0, 0.05) is 32.7 Å². The van der Waals surface area contributed by atoms with Crippen LogP contribution in [0.25, 0.3) is 50.6 Å². The van der Waals surface area contributed by atoms with Gasteiger partial charge in [-0.2, -0.15) is 10.4 Å². The van der Waals surface area contributed by atoms with Crippen LogP contribution in [0.4, 0.5) is 0 Å². The highest BCUT2D eigenvalue weighted by Gasteiger charge is 2.16. The number of rotatable bonds is 5. The zero-order valence-electron chi connectivity index (χ0n) is 19.5. The van der Waals surface area contributed by atoms with Crippen molar-refractivity contribution in [3.63, 3.8) is 0 Å². The molecule has 6 heteroatoms. The maximum Gasteiger partial charge on any atom is 0.134 e. The fourth-order valence-corrected chi connectivity index (χ4v) is 5.35. The monoisotopic (exact) mass is 558 g/mol. The van der Waals surface area contributed by atoms with Crippen molar-refractivity contribution in [3.05, 3.63) is 124 Å². The lowest BCUT2D eigenvalue weighted by Crippen LogP contribution is -1.94. The second kappa shape index (κ2) is 9.98. The van der Waals surface area contributed by atoms with Crippen molar-refractivity contribution in [2.24, 2.45) is 0 Å². The normalized spacial score (nSPS) is 11.5. The van der Waals surface area contributed by atoms with Crippen LogP contribution in [0, 0.1) is 11.3 Å². The molecular weight excluding hydrogens is 540 g/mol. The molecule has 0 aliphatic carbocycles. The summed E-state index contributed by atoms with van der Waals surface area (Å²) in [6.07, 6.45) is 3.88. The molecule has 0 saturated carbocycles. The summed E-state index contributed by atoms with van der Waals surface area (Å²) in [6, 6.07) is 34.9. The van der Waals surface area contributed by atoms with Gasteiger partial charge in [0.2, 0.25) is 0 Å². The molecule has 0 aliphatic rings. The van der Waals surface area contributed by atoms with Gasteiger partial charge in [-0.25, -0.2) is 9.67 Å². The Hall–Kier alpha value is -4.31. The van der Waals surface area contributed by atoms with E-state index in [9.17, 15) is 5.26 Å². The van der Waals surface area contributed by atoms with Crippen LogP contribution in [-0.2, 0) is 0 Å². The molecule has 4 aromatic carbocycles. The lowest BCUT2D eigenvalue weighted by Gasteiger charge is -2.05. The van der Waals surface area contributed by atoms with Crippen LogP contribution in [0.15, 0.2) is 113 Å². The van der Waals surface area contributed by atoms with E-state index in [1.807, 2.05) is 95.1 Å². The number of thiazole rings is 1. The van der Waals surface area contributed by atoms with Gasteiger partial charge in [-0.05, 0) is 41.1 Å². The number of hydrogen-bond acceptors (Lipinski definition) is 4. The molecule has 2 heterocycles. The predicted octanol–water partition coefficient (Wildman–Crippen LogP) is 8.64. The summed E-state index contributed by atoms with van der Waals surface area (Å²) in [5.74, 6) is 0. The van der Waals surface area contributed by atoms with Crippen molar-refractivity contribution in [1.29, 1.82) is 5.26 Å². The first-order chi connectivity index (χ1) is 18.2. The number of allylic oxidation sites excluding steroid dienone is 1. The van der Waals surface area contributed by atoms with E-state index in [0.29, 0.717) is 10.6 Å². The fourth-order valence-electron chi connectivity index (χ4n) is 4.30. The zero-order valence-corrected chi connectivity index (χ0v) is 21.9. The first kappa shape index (κ1) is 23.1. The van der Waals surface area contributed by atoms with Crippen molar-refractivity contribution in [2.45, 2.75) is 0 Å². The Balaban J connectivity index is 1.49. The lowest BCUT2D eigenvalue weighted by molar-refractivity contribution is 0.884. The minimum absolute atomic E-state index is 0.502. The Bertz CT molecular complexity index is 1790. The second-order valence-electron chi connectivity index (χ2n) is 8.45. The number of nitrogens with zero attached hydrogens (tertiary/aromatic N) is 4.